The topological polar surface area (TPSA) is 81.7 Å². The monoisotopic (exact) mass is 299 g/mol. The molecule has 0 unspecified atom stereocenters. The fraction of sp³-hybridized carbons (Fsp3) is 0.462. The highest BCUT2D eigenvalue weighted by Gasteiger charge is 2.23. The van der Waals surface area contributed by atoms with Crippen molar-refractivity contribution in [3.05, 3.63) is 23.8 Å². The van der Waals surface area contributed by atoms with E-state index in [1.54, 1.807) is 12.1 Å². The Morgan fingerprint density at radius 2 is 2.05 bits per heavy atom. The highest BCUT2D eigenvalue weighted by atomic mass is 32.2. The summed E-state index contributed by atoms with van der Waals surface area (Å²) in [6, 6.07) is 4.82. The number of rotatable bonds is 5. The van der Waals surface area contributed by atoms with E-state index in [2.05, 4.69) is 4.72 Å². The fourth-order valence-electron chi connectivity index (χ4n) is 1.83. The Morgan fingerprint density at radius 3 is 2.80 bits per heavy atom. The second-order valence-electron chi connectivity index (χ2n) is 4.43. The second kappa shape index (κ2) is 6.13. The van der Waals surface area contributed by atoms with Crippen molar-refractivity contribution >= 4 is 15.9 Å². The first-order valence-corrected chi connectivity index (χ1v) is 8.12. The minimum Gasteiger partial charge on any atom is -0.486 e. The Morgan fingerprint density at radius 1 is 1.30 bits per heavy atom. The molecule has 0 saturated carbocycles. The number of carbonyl (C=O) groups excluding carboxylic acids is 1. The molecule has 1 aromatic rings. The number of sulfonamides is 1. The van der Waals surface area contributed by atoms with Gasteiger partial charge in [0.05, 0.1) is 11.3 Å². The first kappa shape index (κ1) is 14.6. The molecule has 0 aliphatic carbocycles. The zero-order valence-electron chi connectivity index (χ0n) is 11.2. The van der Waals surface area contributed by atoms with Gasteiger partial charge < -0.3 is 9.47 Å². The van der Waals surface area contributed by atoms with E-state index in [0.29, 0.717) is 31.1 Å². The molecular weight excluding hydrogens is 282 g/mol. The van der Waals surface area contributed by atoms with Gasteiger partial charge in [-0.25, -0.2) is 13.1 Å². The SMILES string of the molecule is CCCCS(=O)(=O)NC(=O)c1cccc2c1OCCO2. The Balaban J connectivity index is 2.18. The lowest BCUT2D eigenvalue weighted by Gasteiger charge is -2.20. The predicted molar refractivity (Wildman–Crippen MR) is 73.6 cm³/mol. The molecule has 0 spiro atoms. The molecule has 1 aromatic carbocycles. The maximum atomic E-state index is 12.1. The number of hydrogen-bond donors (Lipinski definition) is 1. The number of amides is 1. The van der Waals surface area contributed by atoms with Gasteiger partial charge in [-0.3, -0.25) is 4.79 Å². The van der Waals surface area contributed by atoms with Crippen LogP contribution in [0.15, 0.2) is 18.2 Å². The summed E-state index contributed by atoms with van der Waals surface area (Å²) in [6.45, 7) is 2.63. The largest absolute Gasteiger partial charge is 0.486 e. The maximum absolute atomic E-state index is 12.1. The van der Waals surface area contributed by atoms with Crippen LogP contribution < -0.4 is 14.2 Å². The molecule has 0 aromatic heterocycles. The van der Waals surface area contributed by atoms with Crippen LogP contribution in [0.25, 0.3) is 0 Å². The van der Waals surface area contributed by atoms with Gasteiger partial charge in [0.15, 0.2) is 11.5 Å². The van der Waals surface area contributed by atoms with Crippen molar-refractivity contribution in [1.29, 1.82) is 0 Å². The zero-order valence-corrected chi connectivity index (χ0v) is 12.0. The highest BCUT2D eigenvalue weighted by Crippen LogP contribution is 2.33. The Labute approximate surface area is 118 Å². The molecule has 0 atom stereocenters. The minimum atomic E-state index is -3.61. The molecule has 20 heavy (non-hydrogen) atoms. The molecule has 7 heteroatoms. The van der Waals surface area contributed by atoms with Gasteiger partial charge >= 0.3 is 0 Å². The molecule has 1 aliphatic heterocycles. The normalized spacial score (nSPS) is 13.8. The van der Waals surface area contributed by atoms with Gasteiger partial charge in [-0.15, -0.1) is 0 Å². The Bertz CT molecular complexity index is 597. The third kappa shape index (κ3) is 3.41. The van der Waals surface area contributed by atoms with Gasteiger partial charge in [0, 0.05) is 0 Å². The number of hydrogen-bond acceptors (Lipinski definition) is 5. The number of carbonyl (C=O) groups is 1. The Hall–Kier alpha value is -1.76. The van der Waals surface area contributed by atoms with Gasteiger partial charge in [-0.2, -0.15) is 0 Å². The van der Waals surface area contributed by atoms with Crippen LogP contribution in [0.5, 0.6) is 11.5 Å². The van der Waals surface area contributed by atoms with Crippen LogP contribution in [-0.2, 0) is 10.0 Å². The zero-order chi connectivity index (χ0) is 14.6. The van der Waals surface area contributed by atoms with Crippen LogP contribution in [0.1, 0.15) is 30.1 Å². The van der Waals surface area contributed by atoms with Gasteiger partial charge in [0.2, 0.25) is 10.0 Å². The lowest BCUT2D eigenvalue weighted by molar-refractivity contribution is 0.0970. The first-order valence-electron chi connectivity index (χ1n) is 6.47. The summed E-state index contributed by atoms with van der Waals surface area (Å²) < 4.78 is 36.3. The fourth-order valence-corrected chi connectivity index (χ4v) is 3.00. The molecule has 0 saturated heterocycles. The number of fused-ring (bicyclic) bond motifs is 1. The van der Waals surface area contributed by atoms with E-state index in [1.165, 1.54) is 6.07 Å². The molecule has 6 nitrogen and oxygen atoms in total. The van der Waals surface area contributed by atoms with Crippen LogP contribution in [0.3, 0.4) is 0 Å². The van der Waals surface area contributed by atoms with Crippen molar-refractivity contribution in [2.24, 2.45) is 0 Å². The first-order chi connectivity index (χ1) is 9.53. The van der Waals surface area contributed by atoms with Crippen molar-refractivity contribution < 1.29 is 22.7 Å². The molecule has 0 fully saturated rings. The van der Waals surface area contributed by atoms with E-state index < -0.39 is 15.9 Å². The highest BCUT2D eigenvalue weighted by molar-refractivity contribution is 7.90. The summed E-state index contributed by atoms with van der Waals surface area (Å²) in [7, 11) is -3.61. The summed E-state index contributed by atoms with van der Waals surface area (Å²) in [5.74, 6) is -0.0120. The third-order valence-corrected chi connectivity index (χ3v) is 4.15. The minimum absolute atomic E-state index is 0.0678. The number of ether oxygens (including phenoxy) is 2. The molecule has 1 heterocycles. The molecule has 1 amide bonds. The average molecular weight is 299 g/mol. The smallest absolute Gasteiger partial charge is 0.268 e. The number of para-hydroxylation sites is 1. The van der Waals surface area contributed by atoms with Crippen LogP contribution in [-0.4, -0.2) is 33.3 Å². The third-order valence-electron chi connectivity index (χ3n) is 2.83. The summed E-state index contributed by atoms with van der Waals surface area (Å²) in [6.07, 6.45) is 1.25. The lowest BCUT2D eigenvalue weighted by Crippen LogP contribution is -2.33. The standard InChI is InChI=1S/C13H17NO5S/c1-2-3-9-20(16,17)14-13(15)10-5-4-6-11-12(10)19-8-7-18-11/h4-6H,2-3,7-9H2,1H3,(H,14,15). The number of unbranched alkanes of at least 4 members (excludes halogenated alkanes) is 1. The lowest BCUT2D eigenvalue weighted by atomic mass is 10.1. The predicted octanol–water partition coefficient (Wildman–Crippen LogP) is 1.32. The molecule has 1 aliphatic rings. The van der Waals surface area contributed by atoms with E-state index >= 15 is 0 Å². The molecule has 0 bridgehead atoms. The number of benzene rings is 1. The van der Waals surface area contributed by atoms with Gasteiger partial charge in [-0.1, -0.05) is 19.4 Å². The summed E-state index contributed by atoms with van der Waals surface area (Å²) in [5, 5.41) is 0. The van der Waals surface area contributed by atoms with Crippen LogP contribution >= 0.6 is 0 Å². The van der Waals surface area contributed by atoms with Crippen LogP contribution in [0, 0.1) is 0 Å². The van der Waals surface area contributed by atoms with Crippen molar-refractivity contribution in [1.82, 2.24) is 4.72 Å². The van der Waals surface area contributed by atoms with Crippen molar-refractivity contribution in [2.75, 3.05) is 19.0 Å². The molecule has 0 radical (unpaired) electrons. The maximum Gasteiger partial charge on any atom is 0.268 e. The van der Waals surface area contributed by atoms with Crippen molar-refractivity contribution in [3.8, 4) is 11.5 Å². The van der Waals surface area contributed by atoms with E-state index in [9.17, 15) is 13.2 Å². The quantitative estimate of drug-likeness (QED) is 0.886. The summed E-state index contributed by atoms with van der Waals surface area (Å²) >= 11 is 0. The molecule has 110 valence electrons. The Kier molecular flexibility index (Phi) is 4.49. The van der Waals surface area contributed by atoms with Crippen molar-refractivity contribution in [2.45, 2.75) is 19.8 Å². The average Bonchev–Trinajstić information content (AvgIpc) is 2.44. The summed E-state index contributed by atoms with van der Waals surface area (Å²) in [4.78, 5) is 12.1. The van der Waals surface area contributed by atoms with E-state index in [-0.39, 0.29) is 11.3 Å². The molecular formula is C13H17NO5S. The molecule has 1 N–H and O–H groups in total. The van der Waals surface area contributed by atoms with E-state index in [4.69, 9.17) is 9.47 Å². The van der Waals surface area contributed by atoms with Gasteiger partial charge in [0.25, 0.3) is 5.91 Å². The van der Waals surface area contributed by atoms with Crippen LogP contribution in [0.4, 0.5) is 0 Å². The van der Waals surface area contributed by atoms with E-state index in [1.807, 2.05) is 6.92 Å². The van der Waals surface area contributed by atoms with E-state index in [0.717, 1.165) is 6.42 Å². The van der Waals surface area contributed by atoms with Crippen molar-refractivity contribution in [3.63, 3.8) is 0 Å². The molecule has 2 rings (SSSR count). The summed E-state index contributed by atoms with van der Waals surface area (Å²) in [5.41, 5.74) is 0.169. The van der Waals surface area contributed by atoms with Gasteiger partial charge in [-0.05, 0) is 18.6 Å². The second-order valence-corrected chi connectivity index (χ2v) is 6.28. The van der Waals surface area contributed by atoms with Gasteiger partial charge in [0.1, 0.15) is 13.2 Å². The van der Waals surface area contributed by atoms with Crippen LogP contribution in [0.2, 0.25) is 0 Å². The number of nitrogens with one attached hydrogen (secondary N) is 1.